The minimum atomic E-state index is 0. The summed E-state index contributed by atoms with van der Waals surface area (Å²) in [6.45, 7) is 0. The molecule has 0 aliphatic carbocycles. The van der Waals surface area contributed by atoms with Gasteiger partial charge in [-0.3, -0.25) is 0 Å². The van der Waals surface area contributed by atoms with Gasteiger partial charge in [0.25, 0.3) is 0 Å². The molecule has 0 aliphatic heterocycles. The van der Waals surface area contributed by atoms with Gasteiger partial charge in [-0.05, 0) is 0 Å². The second-order valence-corrected chi connectivity index (χ2v) is 0. The minimum absolute atomic E-state index is 0. The Kier molecular flexibility index (Phi) is 227. The van der Waals surface area contributed by atoms with E-state index in [2.05, 4.69) is 0 Å². The van der Waals surface area contributed by atoms with Crippen LogP contribution < -0.4 is 29.6 Å². The standard InChI is InChI=1S/ClH.Cu.Na.H2O.H/h1H;;;1H2;/q;;+1;;-1. The van der Waals surface area contributed by atoms with E-state index in [1.54, 1.807) is 0 Å². The van der Waals surface area contributed by atoms with Crippen LogP contribution in [-0.2, 0) is 17.1 Å². The molecule has 0 unspecified atom stereocenters. The molecule has 0 bridgehead atoms. The monoisotopic (exact) mass is 141 g/mol. The molecule has 0 fully saturated rings. The van der Waals surface area contributed by atoms with Crippen molar-refractivity contribution in [2.75, 3.05) is 0 Å². The summed E-state index contributed by atoms with van der Waals surface area (Å²) in [5.41, 5.74) is 0. The van der Waals surface area contributed by atoms with Crippen LogP contribution in [0.2, 0.25) is 0 Å². The van der Waals surface area contributed by atoms with Gasteiger partial charge in [-0.25, -0.2) is 0 Å². The van der Waals surface area contributed by atoms with Crippen molar-refractivity contribution < 1.29 is 53.5 Å². The first-order chi connectivity index (χ1) is 0. The van der Waals surface area contributed by atoms with Crippen molar-refractivity contribution in [3.63, 3.8) is 0 Å². The van der Waals surface area contributed by atoms with E-state index in [0.717, 1.165) is 0 Å². The van der Waals surface area contributed by atoms with E-state index in [-0.39, 0.29) is 65.9 Å². The third kappa shape index (κ3) is 9.23. The molecular weight excluding hydrogens is 138 g/mol. The molecule has 4 heavy (non-hydrogen) atoms. The summed E-state index contributed by atoms with van der Waals surface area (Å²) < 4.78 is 0. The summed E-state index contributed by atoms with van der Waals surface area (Å²) in [5, 5.41) is 0. The molecule has 0 atom stereocenters. The van der Waals surface area contributed by atoms with E-state index >= 15 is 0 Å². The third-order valence-electron chi connectivity index (χ3n) is 0. The largest absolute Gasteiger partial charge is 1.00 e. The Balaban J connectivity index is 0. The molecular formula is H4ClCuNaO. The number of hydrogen-bond acceptors (Lipinski definition) is 0. The van der Waals surface area contributed by atoms with Gasteiger partial charge in [0.05, 0.1) is 0 Å². The average Bonchev–Trinajstić information content (AvgIpc) is 0. The van der Waals surface area contributed by atoms with Crippen LogP contribution in [0.15, 0.2) is 0 Å². The van der Waals surface area contributed by atoms with Crippen LogP contribution in [0.4, 0.5) is 0 Å². The van der Waals surface area contributed by atoms with Crippen molar-refractivity contribution in [1.29, 1.82) is 0 Å². The van der Waals surface area contributed by atoms with Crippen molar-refractivity contribution in [1.82, 2.24) is 0 Å². The fourth-order valence-corrected chi connectivity index (χ4v) is 0. The average molecular weight is 142 g/mol. The first-order valence-electron chi connectivity index (χ1n) is 0. The van der Waals surface area contributed by atoms with E-state index in [0.29, 0.717) is 0 Å². The summed E-state index contributed by atoms with van der Waals surface area (Å²) in [6.07, 6.45) is 0. The summed E-state index contributed by atoms with van der Waals surface area (Å²) in [5.74, 6) is 0. The Morgan fingerprint density at radius 3 is 1.25 bits per heavy atom. The van der Waals surface area contributed by atoms with Gasteiger partial charge in [-0.1, -0.05) is 0 Å². The normalized spacial score (nSPS) is 0. The fourth-order valence-electron chi connectivity index (χ4n) is 0. The molecule has 0 aromatic heterocycles. The summed E-state index contributed by atoms with van der Waals surface area (Å²) in [4.78, 5) is 0. The predicted octanol–water partition coefficient (Wildman–Crippen LogP) is -3.29. The van der Waals surface area contributed by atoms with Crippen LogP contribution in [0.25, 0.3) is 0 Å². The van der Waals surface area contributed by atoms with E-state index in [1.807, 2.05) is 0 Å². The molecule has 0 aliphatic rings. The molecule has 0 saturated heterocycles. The second-order valence-electron chi connectivity index (χ2n) is 0. The third-order valence-corrected chi connectivity index (χ3v) is 0. The zero-order chi connectivity index (χ0) is 0. The Morgan fingerprint density at radius 2 is 1.25 bits per heavy atom. The number of halogens is 1. The Bertz CT molecular complexity index is 11.6. The fraction of sp³-hybridized carbons (Fsp3) is 0. The van der Waals surface area contributed by atoms with Gasteiger partial charge in [0.1, 0.15) is 0 Å². The van der Waals surface area contributed by atoms with Crippen LogP contribution in [0.3, 0.4) is 0 Å². The minimum Gasteiger partial charge on any atom is -1.00 e. The molecule has 0 aromatic rings. The van der Waals surface area contributed by atoms with E-state index in [1.165, 1.54) is 0 Å². The van der Waals surface area contributed by atoms with Gasteiger partial charge in [0.15, 0.2) is 0 Å². The van der Waals surface area contributed by atoms with Gasteiger partial charge in [0.2, 0.25) is 0 Å². The quantitative estimate of drug-likeness (QED) is 0.317. The molecule has 0 heterocycles. The molecule has 4 heteroatoms. The SMILES string of the molecule is Cl.O.[Cu].[H-].[Na+]. The van der Waals surface area contributed by atoms with E-state index in [9.17, 15) is 0 Å². The van der Waals surface area contributed by atoms with Crippen LogP contribution >= 0.6 is 12.4 Å². The molecule has 0 amide bonds. The smallest absolute Gasteiger partial charge is 1.00 e. The maximum atomic E-state index is 0. The first-order valence-corrected chi connectivity index (χ1v) is 0. The Labute approximate surface area is 65.5 Å². The van der Waals surface area contributed by atoms with Gasteiger partial charge in [-0.2, -0.15) is 0 Å². The summed E-state index contributed by atoms with van der Waals surface area (Å²) >= 11 is 0. The molecule has 2 N–H and O–H groups in total. The van der Waals surface area contributed by atoms with Crippen molar-refractivity contribution in [3.05, 3.63) is 0 Å². The first kappa shape index (κ1) is 41.9. The van der Waals surface area contributed by atoms with Gasteiger partial charge < -0.3 is 6.90 Å². The van der Waals surface area contributed by atoms with Crippen molar-refractivity contribution >= 4 is 12.4 Å². The topological polar surface area (TPSA) is 31.5 Å². The van der Waals surface area contributed by atoms with E-state index < -0.39 is 0 Å². The van der Waals surface area contributed by atoms with Gasteiger partial charge in [0, 0.05) is 17.1 Å². The maximum absolute atomic E-state index is 0. The Hall–Kier alpha value is 1.77. The van der Waals surface area contributed by atoms with Crippen LogP contribution in [0.5, 0.6) is 0 Å². The molecule has 0 aromatic carbocycles. The Morgan fingerprint density at radius 1 is 1.25 bits per heavy atom. The van der Waals surface area contributed by atoms with Crippen molar-refractivity contribution in [3.8, 4) is 0 Å². The van der Waals surface area contributed by atoms with Gasteiger partial charge in [-0.15, -0.1) is 12.4 Å². The molecule has 0 spiro atoms. The molecule has 1 nitrogen and oxygen atoms in total. The molecule has 0 saturated carbocycles. The maximum Gasteiger partial charge on any atom is 1.00 e. The van der Waals surface area contributed by atoms with Crippen LogP contribution in [-0.4, -0.2) is 5.48 Å². The van der Waals surface area contributed by atoms with Crippen molar-refractivity contribution in [2.45, 2.75) is 0 Å². The predicted molar refractivity (Wildman–Crippen MR) is 12.0 cm³/mol. The number of hydrogen-bond donors (Lipinski definition) is 0. The number of rotatable bonds is 0. The molecule has 0 rings (SSSR count). The summed E-state index contributed by atoms with van der Waals surface area (Å²) in [7, 11) is 0. The molecule has 29 valence electrons. The van der Waals surface area contributed by atoms with Crippen molar-refractivity contribution in [2.24, 2.45) is 0 Å². The molecule has 1 radical (unpaired) electrons. The van der Waals surface area contributed by atoms with Gasteiger partial charge >= 0.3 is 29.6 Å². The zero-order valence-electron chi connectivity index (χ0n) is 3.21. The second kappa shape index (κ2) is 21.6. The van der Waals surface area contributed by atoms with E-state index in [4.69, 9.17) is 0 Å². The van der Waals surface area contributed by atoms with Crippen LogP contribution in [0, 0.1) is 0 Å². The zero-order valence-corrected chi connectivity index (χ0v) is 5.97. The summed E-state index contributed by atoms with van der Waals surface area (Å²) in [6, 6.07) is 0. The van der Waals surface area contributed by atoms with Crippen LogP contribution in [0.1, 0.15) is 1.43 Å².